The van der Waals surface area contributed by atoms with Gasteiger partial charge in [0.05, 0.1) is 6.42 Å². The van der Waals surface area contributed by atoms with Gasteiger partial charge in [0.1, 0.15) is 0 Å². The number of carbonyl (C=O) groups is 2. The van der Waals surface area contributed by atoms with Crippen molar-refractivity contribution in [2.75, 3.05) is 0 Å². The summed E-state index contributed by atoms with van der Waals surface area (Å²) in [4.78, 5) is 20.3. The van der Waals surface area contributed by atoms with Crippen molar-refractivity contribution in [3.63, 3.8) is 0 Å². The highest BCUT2D eigenvalue weighted by molar-refractivity contribution is 5.68. The largest absolute Gasteiger partial charge is 0.481 e. The number of hydrogen-bond acceptors (Lipinski definition) is 2. The molecule has 2 N–H and O–H groups in total. The van der Waals surface area contributed by atoms with Gasteiger partial charge in [-0.05, 0) is 19.3 Å². The summed E-state index contributed by atoms with van der Waals surface area (Å²) in [7, 11) is 0. The van der Waals surface area contributed by atoms with Gasteiger partial charge in [-0.1, -0.05) is 24.3 Å². The number of unbranched alkanes of at least 4 members (excludes halogenated alkanes) is 1. The molecular weight excluding hydrogens is 196 g/mol. The number of hydrogen-bond donors (Lipinski definition) is 2. The van der Waals surface area contributed by atoms with Crippen molar-refractivity contribution < 1.29 is 19.8 Å². The first-order chi connectivity index (χ1) is 7.13. The van der Waals surface area contributed by atoms with Gasteiger partial charge in [-0.3, -0.25) is 9.59 Å². The second-order valence-electron chi connectivity index (χ2n) is 3.06. The number of aliphatic carboxylic acids is 2. The van der Waals surface area contributed by atoms with E-state index in [1.807, 2.05) is 12.2 Å². The summed E-state index contributed by atoms with van der Waals surface area (Å²) < 4.78 is 0. The number of allylic oxidation sites excluding steroid dienone is 3. The molecule has 4 heteroatoms. The smallest absolute Gasteiger partial charge is 0.307 e. The summed E-state index contributed by atoms with van der Waals surface area (Å²) in [5.41, 5.74) is 0. The van der Waals surface area contributed by atoms with Gasteiger partial charge in [0.15, 0.2) is 0 Å². The lowest BCUT2D eigenvalue weighted by atomic mass is 10.2. The average molecular weight is 212 g/mol. The van der Waals surface area contributed by atoms with Crippen molar-refractivity contribution >= 4 is 11.9 Å². The molecular formula is C11H16O4. The Bertz CT molecular complexity index is 253. The highest BCUT2D eigenvalue weighted by atomic mass is 16.4. The third-order valence-corrected chi connectivity index (χ3v) is 1.66. The SMILES string of the molecule is O=C(O)CC=CCC=CCCCC(=O)O. The Hall–Kier alpha value is -1.58. The molecule has 15 heavy (non-hydrogen) atoms. The van der Waals surface area contributed by atoms with Crippen LogP contribution < -0.4 is 0 Å². The molecule has 0 heterocycles. The summed E-state index contributed by atoms with van der Waals surface area (Å²) in [6, 6.07) is 0. The zero-order valence-corrected chi connectivity index (χ0v) is 8.56. The molecule has 0 bridgehead atoms. The van der Waals surface area contributed by atoms with Gasteiger partial charge >= 0.3 is 11.9 Å². The Morgan fingerprint density at radius 3 is 2.20 bits per heavy atom. The van der Waals surface area contributed by atoms with Crippen LogP contribution in [0.1, 0.15) is 32.1 Å². The lowest BCUT2D eigenvalue weighted by Gasteiger charge is -1.89. The molecule has 0 aromatic heterocycles. The van der Waals surface area contributed by atoms with E-state index in [0.29, 0.717) is 12.8 Å². The van der Waals surface area contributed by atoms with Gasteiger partial charge in [0.2, 0.25) is 0 Å². The molecule has 0 aromatic rings. The van der Waals surface area contributed by atoms with Crippen molar-refractivity contribution in [1.29, 1.82) is 0 Å². The molecule has 0 atom stereocenters. The molecule has 0 unspecified atom stereocenters. The standard InChI is InChI=1S/C11H16O4/c12-10(13)8-6-4-2-1-3-5-7-9-11(14)15/h1-2,5,7H,3-4,6,8-9H2,(H,12,13)(H,14,15). The minimum absolute atomic E-state index is 0.0485. The van der Waals surface area contributed by atoms with Crippen LogP contribution in [-0.4, -0.2) is 22.2 Å². The van der Waals surface area contributed by atoms with Gasteiger partial charge in [-0.15, -0.1) is 0 Å². The van der Waals surface area contributed by atoms with E-state index in [2.05, 4.69) is 0 Å². The molecule has 0 aliphatic heterocycles. The monoisotopic (exact) mass is 212 g/mol. The van der Waals surface area contributed by atoms with Crippen LogP contribution in [0.25, 0.3) is 0 Å². The number of carboxylic acids is 2. The van der Waals surface area contributed by atoms with Crippen molar-refractivity contribution in [1.82, 2.24) is 0 Å². The minimum atomic E-state index is -0.836. The maximum absolute atomic E-state index is 10.1. The zero-order chi connectivity index (χ0) is 11.5. The molecule has 0 fully saturated rings. The van der Waals surface area contributed by atoms with Crippen LogP contribution in [0.15, 0.2) is 24.3 Å². The molecule has 0 saturated heterocycles. The second-order valence-corrected chi connectivity index (χ2v) is 3.06. The van der Waals surface area contributed by atoms with E-state index in [-0.39, 0.29) is 12.8 Å². The molecule has 0 aliphatic carbocycles. The van der Waals surface area contributed by atoms with Crippen LogP contribution in [-0.2, 0) is 9.59 Å². The van der Waals surface area contributed by atoms with Crippen molar-refractivity contribution in [2.24, 2.45) is 0 Å². The van der Waals surface area contributed by atoms with Crippen LogP contribution >= 0.6 is 0 Å². The van der Waals surface area contributed by atoms with Gasteiger partial charge in [-0.25, -0.2) is 0 Å². The van der Waals surface area contributed by atoms with Crippen LogP contribution in [0.2, 0.25) is 0 Å². The van der Waals surface area contributed by atoms with Crippen LogP contribution in [0, 0.1) is 0 Å². The molecule has 0 aliphatic rings. The summed E-state index contributed by atoms with van der Waals surface area (Å²) in [5.74, 6) is -1.61. The molecule has 0 saturated carbocycles. The minimum Gasteiger partial charge on any atom is -0.481 e. The van der Waals surface area contributed by atoms with Crippen molar-refractivity contribution in [3.8, 4) is 0 Å². The first-order valence-corrected chi connectivity index (χ1v) is 4.86. The van der Waals surface area contributed by atoms with Crippen molar-refractivity contribution in [2.45, 2.75) is 32.1 Å². The first kappa shape index (κ1) is 13.4. The third kappa shape index (κ3) is 12.4. The fourth-order valence-corrected chi connectivity index (χ4v) is 0.944. The van der Waals surface area contributed by atoms with Gasteiger partial charge in [-0.2, -0.15) is 0 Å². The van der Waals surface area contributed by atoms with Crippen molar-refractivity contribution in [3.05, 3.63) is 24.3 Å². The van der Waals surface area contributed by atoms with Crippen LogP contribution in [0.4, 0.5) is 0 Å². The van der Waals surface area contributed by atoms with Gasteiger partial charge in [0.25, 0.3) is 0 Å². The van der Waals surface area contributed by atoms with E-state index in [4.69, 9.17) is 10.2 Å². The van der Waals surface area contributed by atoms with Crippen LogP contribution in [0.3, 0.4) is 0 Å². The van der Waals surface area contributed by atoms with E-state index in [1.54, 1.807) is 12.2 Å². The molecule has 0 rings (SSSR count). The molecule has 84 valence electrons. The normalized spacial score (nSPS) is 11.2. The van der Waals surface area contributed by atoms with E-state index >= 15 is 0 Å². The molecule has 0 aromatic carbocycles. The fraction of sp³-hybridized carbons (Fsp3) is 0.455. The number of carboxylic acid groups (broad SMARTS) is 2. The fourth-order valence-electron chi connectivity index (χ4n) is 0.944. The Balaban J connectivity index is 3.35. The Morgan fingerprint density at radius 2 is 1.60 bits per heavy atom. The Kier molecular flexibility index (Phi) is 8.05. The molecule has 0 spiro atoms. The Labute approximate surface area is 88.9 Å². The summed E-state index contributed by atoms with van der Waals surface area (Å²) in [5, 5.41) is 16.7. The third-order valence-electron chi connectivity index (χ3n) is 1.66. The van der Waals surface area contributed by atoms with E-state index in [1.165, 1.54) is 0 Å². The van der Waals surface area contributed by atoms with E-state index in [0.717, 1.165) is 6.42 Å². The van der Waals surface area contributed by atoms with E-state index < -0.39 is 11.9 Å². The highest BCUT2D eigenvalue weighted by Gasteiger charge is 1.92. The lowest BCUT2D eigenvalue weighted by Crippen LogP contribution is -1.92. The topological polar surface area (TPSA) is 74.6 Å². The summed E-state index contributed by atoms with van der Waals surface area (Å²) >= 11 is 0. The second kappa shape index (κ2) is 8.99. The average Bonchev–Trinajstić information content (AvgIpc) is 2.14. The van der Waals surface area contributed by atoms with Gasteiger partial charge < -0.3 is 10.2 Å². The first-order valence-electron chi connectivity index (χ1n) is 4.86. The maximum Gasteiger partial charge on any atom is 0.307 e. The predicted octanol–water partition coefficient (Wildman–Crippen LogP) is 2.22. The summed E-state index contributed by atoms with van der Waals surface area (Å²) in [6.07, 6.45) is 9.52. The van der Waals surface area contributed by atoms with Gasteiger partial charge in [0, 0.05) is 6.42 Å². The Morgan fingerprint density at radius 1 is 0.933 bits per heavy atom. The quantitative estimate of drug-likeness (QED) is 0.478. The van der Waals surface area contributed by atoms with E-state index in [9.17, 15) is 9.59 Å². The molecule has 0 radical (unpaired) electrons. The van der Waals surface area contributed by atoms with Crippen LogP contribution in [0.5, 0.6) is 0 Å². The molecule has 4 nitrogen and oxygen atoms in total. The number of rotatable bonds is 8. The zero-order valence-electron chi connectivity index (χ0n) is 8.56. The molecule has 0 amide bonds. The maximum atomic E-state index is 10.1. The predicted molar refractivity (Wildman–Crippen MR) is 56.6 cm³/mol. The summed E-state index contributed by atoms with van der Waals surface area (Å²) in [6.45, 7) is 0. The highest BCUT2D eigenvalue weighted by Crippen LogP contribution is 1.98. The lowest BCUT2D eigenvalue weighted by molar-refractivity contribution is -0.137.